The van der Waals surface area contributed by atoms with Crippen LogP contribution in [-0.4, -0.2) is 31.7 Å². The number of urea groups is 1. The highest BCUT2D eigenvalue weighted by Gasteiger charge is 2.32. The molecule has 144 valence electrons. The van der Waals surface area contributed by atoms with E-state index in [0.29, 0.717) is 6.54 Å². The summed E-state index contributed by atoms with van der Waals surface area (Å²) in [6.45, 7) is 0.713. The van der Waals surface area contributed by atoms with Crippen LogP contribution in [0.3, 0.4) is 0 Å². The molecule has 5 nitrogen and oxygen atoms in total. The van der Waals surface area contributed by atoms with E-state index < -0.39 is 0 Å². The molecule has 0 aromatic heterocycles. The molecule has 0 bridgehead atoms. The van der Waals surface area contributed by atoms with E-state index in [1.807, 2.05) is 59.5 Å². The molecule has 4 rings (SSSR count). The average molecular weight is 376 g/mol. The maximum atomic E-state index is 13.0. The summed E-state index contributed by atoms with van der Waals surface area (Å²) in [4.78, 5) is 14.9. The average Bonchev–Trinajstić information content (AvgIpc) is 3.23. The molecule has 3 aromatic rings. The molecule has 5 heteroatoms. The summed E-state index contributed by atoms with van der Waals surface area (Å²) in [7, 11) is 3.30. The van der Waals surface area contributed by atoms with Gasteiger partial charge in [0.2, 0.25) is 0 Å². The van der Waals surface area contributed by atoms with Crippen molar-refractivity contribution in [1.82, 2.24) is 4.90 Å². The molecule has 1 unspecified atom stereocenters. The minimum absolute atomic E-state index is 0.0366. The van der Waals surface area contributed by atoms with E-state index in [1.165, 1.54) is 0 Å². The highest BCUT2D eigenvalue weighted by atomic mass is 16.5. The van der Waals surface area contributed by atoms with E-state index in [4.69, 9.17) is 9.47 Å². The number of benzene rings is 3. The number of carbonyl (C=O) groups is 1. The van der Waals surface area contributed by atoms with Crippen molar-refractivity contribution in [2.24, 2.45) is 0 Å². The van der Waals surface area contributed by atoms with Crippen LogP contribution in [0.4, 0.5) is 10.5 Å². The van der Waals surface area contributed by atoms with E-state index >= 15 is 0 Å². The molecule has 0 aliphatic carbocycles. The van der Waals surface area contributed by atoms with Crippen molar-refractivity contribution in [3.05, 3.63) is 66.2 Å². The van der Waals surface area contributed by atoms with Gasteiger partial charge in [-0.2, -0.15) is 0 Å². The molecule has 1 atom stereocenters. The maximum absolute atomic E-state index is 13.0. The van der Waals surface area contributed by atoms with Crippen molar-refractivity contribution < 1.29 is 14.3 Å². The molecule has 0 spiro atoms. The Kier molecular flexibility index (Phi) is 5.06. The third-order valence-electron chi connectivity index (χ3n) is 5.31. The second-order valence-electron chi connectivity index (χ2n) is 6.95. The number of fused-ring (bicyclic) bond motifs is 1. The molecule has 1 fully saturated rings. The first-order valence-corrected chi connectivity index (χ1v) is 9.48. The summed E-state index contributed by atoms with van der Waals surface area (Å²) in [5.74, 6) is 1.54. The third kappa shape index (κ3) is 3.48. The van der Waals surface area contributed by atoms with Crippen molar-refractivity contribution in [2.45, 2.75) is 18.9 Å². The minimum atomic E-state index is -0.0948. The summed E-state index contributed by atoms with van der Waals surface area (Å²) in [6.07, 6.45) is 1.85. The van der Waals surface area contributed by atoms with Gasteiger partial charge in [0, 0.05) is 17.8 Å². The normalized spacial score (nSPS) is 16.2. The Morgan fingerprint density at radius 2 is 1.82 bits per heavy atom. The van der Waals surface area contributed by atoms with Crippen LogP contribution in [0.1, 0.15) is 24.4 Å². The van der Waals surface area contributed by atoms with Crippen molar-refractivity contribution in [1.29, 1.82) is 0 Å². The van der Waals surface area contributed by atoms with Crippen LogP contribution in [0.5, 0.6) is 11.5 Å². The van der Waals surface area contributed by atoms with Crippen molar-refractivity contribution >= 4 is 22.5 Å². The van der Waals surface area contributed by atoms with Gasteiger partial charge in [-0.1, -0.05) is 30.3 Å². The van der Waals surface area contributed by atoms with Gasteiger partial charge in [0.15, 0.2) is 0 Å². The number of hydrogen-bond acceptors (Lipinski definition) is 3. The topological polar surface area (TPSA) is 50.8 Å². The van der Waals surface area contributed by atoms with Crippen LogP contribution in [0.25, 0.3) is 10.8 Å². The number of nitrogens with zero attached hydrogens (tertiary/aromatic N) is 1. The number of amides is 2. The molecule has 2 amide bonds. The van der Waals surface area contributed by atoms with Gasteiger partial charge in [0.25, 0.3) is 0 Å². The van der Waals surface area contributed by atoms with Crippen molar-refractivity contribution in [3.63, 3.8) is 0 Å². The van der Waals surface area contributed by atoms with E-state index in [9.17, 15) is 4.79 Å². The molecule has 0 radical (unpaired) electrons. The smallest absolute Gasteiger partial charge is 0.322 e. The van der Waals surface area contributed by atoms with Gasteiger partial charge in [0.05, 0.1) is 20.3 Å². The fourth-order valence-corrected chi connectivity index (χ4v) is 3.90. The van der Waals surface area contributed by atoms with Gasteiger partial charge in [-0.05, 0) is 53.9 Å². The number of anilines is 1. The van der Waals surface area contributed by atoms with Gasteiger partial charge in [-0.3, -0.25) is 0 Å². The van der Waals surface area contributed by atoms with E-state index in [-0.39, 0.29) is 12.1 Å². The molecule has 1 heterocycles. The summed E-state index contributed by atoms with van der Waals surface area (Å²) < 4.78 is 10.9. The Labute approximate surface area is 164 Å². The summed E-state index contributed by atoms with van der Waals surface area (Å²) in [5.41, 5.74) is 1.78. The Balaban J connectivity index is 1.58. The van der Waals surface area contributed by atoms with E-state index in [1.54, 1.807) is 14.2 Å². The molecule has 1 aliphatic rings. The first kappa shape index (κ1) is 18.2. The Morgan fingerprint density at radius 1 is 1.00 bits per heavy atom. The number of carbonyl (C=O) groups excluding carboxylic acids is 1. The minimum Gasteiger partial charge on any atom is -0.497 e. The molecule has 3 aromatic carbocycles. The number of likely N-dealkylation sites (tertiary alicyclic amines) is 1. The summed E-state index contributed by atoms with van der Waals surface area (Å²) in [6, 6.07) is 19.7. The van der Waals surface area contributed by atoms with Crippen LogP contribution in [0, 0.1) is 0 Å². The SMILES string of the molecule is COc1ccc(OC)c(C2CCCN2C(=O)Nc2ccc3ccccc3c2)c1. The predicted octanol–water partition coefficient (Wildman–Crippen LogP) is 5.23. The second kappa shape index (κ2) is 7.80. The molecule has 0 saturated carbocycles. The lowest BCUT2D eigenvalue weighted by Gasteiger charge is -2.27. The maximum Gasteiger partial charge on any atom is 0.322 e. The lowest BCUT2D eigenvalue weighted by molar-refractivity contribution is 0.206. The first-order chi connectivity index (χ1) is 13.7. The van der Waals surface area contributed by atoms with Gasteiger partial charge in [0.1, 0.15) is 11.5 Å². The number of hydrogen-bond donors (Lipinski definition) is 1. The standard InChI is InChI=1S/C23H24N2O3/c1-27-19-11-12-22(28-2)20(15-19)21-8-5-13-25(21)23(26)24-18-10-9-16-6-3-4-7-17(16)14-18/h3-4,6-7,9-12,14-15,21H,5,8,13H2,1-2H3,(H,24,26). The first-order valence-electron chi connectivity index (χ1n) is 9.48. The Bertz CT molecular complexity index is 1000. The molecular formula is C23H24N2O3. The Morgan fingerprint density at radius 3 is 2.61 bits per heavy atom. The highest BCUT2D eigenvalue weighted by Crippen LogP contribution is 2.39. The molecule has 1 aliphatic heterocycles. The van der Waals surface area contributed by atoms with Crippen LogP contribution in [0.15, 0.2) is 60.7 Å². The monoisotopic (exact) mass is 376 g/mol. The van der Waals surface area contributed by atoms with Gasteiger partial charge in [-0.15, -0.1) is 0 Å². The molecule has 28 heavy (non-hydrogen) atoms. The summed E-state index contributed by atoms with van der Waals surface area (Å²) in [5, 5.41) is 5.31. The number of rotatable bonds is 4. The molecule has 1 N–H and O–H groups in total. The fraction of sp³-hybridized carbons (Fsp3) is 0.261. The van der Waals surface area contributed by atoms with Gasteiger partial charge >= 0.3 is 6.03 Å². The van der Waals surface area contributed by atoms with E-state index in [2.05, 4.69) is 11.4 Å². The van der Waals surface area contributed by atoms with Gasteiger partial charge in [-0.25, -0.2) is 4.79 Å². The Hall–Kier alpha value is -3.21. The number of nitrogens with one attached hydrogen (secondary N) is 1. The van der Waals surface area contributed by atoms with Crippen LogP contribution in [0.2, 0.25) is 0 Å². The quantitative estimate of drug-likeness (QED) is 0.679. The molecular weight excluding hydrogens is 352 g/mol. The van der Waals surface area contributed by atoms with Crippen LogP contribution < -0.4 is 14.8 Å². The largest absolute Gasteiger partial charge is 0.497 e. The second-order valence-corrected chi connectivity index (χ2v) is 6.95. The highest BCUT2D eigenvalue weighted by molar-refractivity contribution is 5.93. The lowest BCUT2D eigenvalue weighted by atomic mass is 10.0. The van der Waals surface area contributed by atoms with Crippen molar-refractivity contribution in [3.8, 4) is 11.5 Å². The van der Waals surface area contributed by atoms with Crippen LogP contribution in [-0.2, 0) is 0 Å². The fourth-order valence-electron chi connectivity index (χ4n) is 3.90. The zero-order valence-electron chi connectivity index (χ0n) is 16.1. The zero-order valence-corrected chi connectivity index (χ0v) is 16.1. The summed E-state index contributed by atoms with van der Waals surface area (Å²) >= 11 is 0. The number of ether oxygens (including phenoxy) is 2. The van der Waals surface area contributed by atoms with Crippen LogP contribution >= 0.6 is 0 Å². The zero-order chi connectivity index (χ0) is 19.5. The predicted molar refractivity (Wildman–Crippen MR) is 111 cm³/mol. The number of methoxy groups -OCH3 is 2. The lowest BCUT2D eigenvalue weighted by Crippen LogP contribution is -2.34. The van der Waals surface area contributed by atoms with Gasteiger partial charge < -0.3 is 19.7 Å². The molecule has 1 saturated heterocycles. The third-order valence-corrected chi connectivity index (χ3v) is 5.31. The van der Waals surface area contributed by atoms with E-state index in [0.717, 1.165) is 46.4 Å². The van der Waals surface area contributed by atoms with Crippen molar-refractivity contribution in [2.75, 3.05) is 26.1 Å².